The summed E-state index contributed by atoms with van der Waals surface area (Å²) < 4.78 is 27.4. The quantitative estimate of drug-likeness (QED) is 0.571. The summed E-state index contributed by atoms with van der Waals surface area (Å²) >= 11 is 5.87. The van der Waals surface area contributed by atoms with Gasteiger partial charge in [0.25, 0.3) is 5.69 Å². The van der Waals surface area contributed by atoms with Gasteiger partial charge in [-0.15, -0.1) is 0 Å². The van der Waals surface area contributed by atoms with Crippen LogP contribution in [0.2, 0.25) is 5.02 Å². The van der Waals surface area contributed by atoms with E-state index in [2.05, 4.69) is 0 Å². The van der Waals surface area contributed by atoms with E-state index < -0.39 is 14.9 Å². The van der Waals surface area contributed by atoms with Crippen LogP contribution in [-0.2, 0) is 10.0 Å². The molecular formula is C18H20ClN3O4S. The van der Waals surface area contributed by atoms with Gasteiger partial charge in [-0.05, 0) is 37.6 Å². The Hall–Kier alpha value is -2.16. The van der Waals surface area contributed by atoms with Gasteiger partial charge in [-0.1, -0.05) is 29.3 Å². The Morgan fingerprint density at radius 3 is 2.30 bits per heavy atom. The minimum Gasteiger partial charge on any atom is -0.363 e. The van der Waals surface area contributed by atoms with E-state index in [1.165, 1.54) is 10.4 Å². The van der Waals surface area contributed by atoms with E-state index in [0.717, 1.165) is 5.56 Å². The zero-order valence-electron chi connectivity index (χ0n) is 15.1. The summed E-state index contributed by atoms with van der Waals surface area (Å²) in [5, 5.41) is 11.6. The third-order valence-corrected chi connectivity index (χ3v) is 6.96. The fourth-order valence-electron chi connectivity index (χ4n) is 3.31. The summed E-state index contributed by atoms with van der Waals surface area (Å²) in [4.78, 5) is 13.0. The first kappa shape index (κ1) is 19.6. The van der Waals surface area contributed by atoms with E-state index in [1.54, 1.807) is 31.2 Å². The minimum absolute atomic E-state index is 0.0758. The Morgan fingerprint density at radius 2 is 1.70 bits per heavy atom. The van der Waals surface area contributed by atoms with E-state index in [9.17, 15) is 18.5 Å². The average molecular weight is 410 g/mol. The molecule has 27 heavy (non-hydrogen) atoms. The topological polar surface area (TPSA) is 83.8 Å². The van der Waals surface area contributed by atoms with E-state index in [1.807, 2.05) is 17.9 Å². The highest BCUT2D eigenvalue weighted by molar-refractivity contribution is 7.89. The molecule has 0 atom stereocenters. The van der Waals surface area contributed by atoms with Crippen molar-refractivity contribution in [1.82, 2.24) is 4.31 Å². The number of piperazine rings is 1. The first-order valence-corrected chi connectivity index (χ1v) is 10.3. The lowest BCUT2D eigenvalue weighted by molar-refractivity contribution is -0.384. The Morgan fingerprint density at radius 1 is 1.04 bits per heavy atom. The zero-order chi connectivity index (χ0) is 19.8. The number of aryl methyl sites for hydroxylation is 2. The van der Waals surface area contributed by atoms with Crippen LogP contribution in [-0.4, -0.2) is 43.8 Å². The first-order valence-electron chi connectivity index (χ1n) is 8.46. The summed E-state index contributed by atoms with van der Waals surface area (Å²) in [6.45, 7) is 4.96. The second-order valence-electron chi connectivity index (χ2n) is 6.55. The SMILES string of the molecule is Cc1ccc(S(=O)(=O)N2CCN(c3ccc(Cl)cc3[N+](=O)[O-])CC2)c(C)c1. The molecule has 0 radical (unpaired) electrons. The molecule has 7 nitrogen and oxygen atoms in total. The van der Waals surface area contributed by atoms with Gasteiger partial charge in [0.2, 0.25) is 10.0 Å². The predicted octanol–water partition coefficient (Wildman–Crippen LogP) is 3.38. The fourth-order valence-corrected chi connectivity index (χ4v) is 5.10. The van der Waals surface area contributed by atoms with Crippen LogP contribution in [0.25, 0.3) is 0 Å². The molecule has 0 unspecified atom stereocenters. The molecule has 0 aromatic heterocycles. The number of halogens is 1. The van der Waals surface area contributed by atoms with Gasteiger partial charge in [-0.25, -0.2) is 8.42 Å². The Bertz CT molecular complexity index is 986. The molecule has 2 aromatic rings. The zero-order valence-corrected chi connectivity index (χ0v) is 16.6. The number of rotatable bonds is 4. The van der Waals surface area contributed by atoms with Crippen LogP contribution in [0.15, 0.2) is 41.3 Å². The maximum atomic E-state index is 13.0. The molecule has 2 aromatic carbocycles. The van der Waals surface area contributed by atoms with E-state index in [4.69, 9.17) is 11.6 Å². The Balaban J connectivity index is 1.80. The summed E-state index contributed by atoms with van der Waals surface area (Å²) in [5.41, 5.74) is 2.10. The second-order valence-corrected chi connectivity index (χ2v) is 8.89. The summed E-state index contributed by atoms with van der Waals surface area (Å²) in [6, 6.07) is 9.79. The monoisotopic (exact) mass is 409 g/mol. The number of nitro groups is 1. The van der Waals surface area contributed by atoms with Crippen LogP contribution in [0.4, 0.5) is 11.4 Å². The lowest BCUT2D eigenvalue weighted by Gasteiger charge is -2.35. The summed E-state index contributed by atoms with van der Waals surface area (Å²) in [7, 11) is -3.60. The number of anilines is 1. The lowest BCUT2D eigenvalue weighted by Crippen LogP contribution is -2.48. The average Bonchev–Trinajstić information content (AvgIpc) is 2.61. The molecule has 9 heteroatoms. The van der Waals surface area contributed by atoms with E-state index in [-0.39, 0.29) is 18.8 Å². The van der Waals surface area contributed by atoms with Gasteiger partial charge < -0.3 is 4.90 Å². The highest BCUT2D eigenvalue weighted by Crippen LogP contribution is 2.32. The van der Waals surface area contributed by atoms with E-state index >= 15 is 0 Å². The van der Waals surface area contributed by atoms with Crippen molar-refractivity contribution in [3.05, 3.63) is 62.7 Å². The van der Waals surface area contributed by atoms with Gasteiger partial charge in [-0.3, -0.25) is 10.1 Å². The van der Waals surface area contributed by atoms with Gasteiger partial charge in [0.1, 0.15) is 5.69 Å². The molecule has 0 saturated carbocycles. The number of sulfonamides is 1. The van der Waals surface area contributed by atoms with Gasteiger partial charge in [-0.2, -0.15) is 4.31 Å². The molecule has 1 aliphatic heterocycles. The molecule has 144 valence electrons. The van der Waals surface area contributed by atoms with Crippen LogP contribution in [0.5, 0.6) is 0 Å². The minimum atomic E-state index is -3.60. The smallest absolute Gasteiger partial charge is 0.294 e. The van der Waals surface area contributed by atoms with Crippen LogP contribution in [0, 0.1) is 24.0 Å². The van der Waals surface area contributed by atoms with Crippen LogP contribution < -0.4 is 4.90 Å². The number of hydrogen-bond donors (Lipinski definition) is 0. The van der Waals surface area contributed by atoms with Crippen LogP contribution >= 0.6 is 11.6 Å². The molecule has 1 heterocycles. The van der Waals surface area contributed by atoms with Gasteiger partial charge >= 0.3 is 0 Å². The highest BCUT2D eigenvalue weighted by atomic mass is 35.5. The van der Waals surface area contributed by atoms with Crippen molar-refractivity contribution in [2.45, 2.75) is 18.7 Å². The first-order chi connectivity index (χ1) is 12.7. The summed E-state index contributed by atoms with van der Waals surface area (Å²) in [5.74, 6) is 0. The lowest BCUT2D eigenvalue weighted by atomic mass is 10.2. The molecule has 0 aliphatic carbocycles. The number of nitro benzene ring substituents is 1. The molecule has 1 aliphatic rings. The maximum absolute atomic E-state index is 13.0. The van der Waals surface area contributed by atoms with E-state index in [0.29, 0.717) is 34.3 Å². The van der Waals surface area contributed by atoms with Crippen molar-refractivity contribution in [3.63, 3.8) is 0 Å². The number of benzene rings is 2. The van der Waals surface area contributed by atoms with Crippen molar-refractivity contribution in [1.29, 1.82) is 0 Å². The predicted molar refractivity (Wildman–Crippen MR) is 105 cm³/mol. The van der Waals surface area contributed by atoms with Crippen molar-refractivity contribution >= 4 is 33.0 Å². The molecule has 1 saturated heterocycles. The molecule has 0 bridgehead atoms. The molecule has 3 rings (SSSR count). The largest absolute Gasteiger partial charge is 0.363 e. The van der Waals surface area contributed by atoms with Crippen molar-refractivity contribution in [2.75, 3.05) is 31.1 Å². The normalized spacial score (nSPS) is 15.7. The molecule has 0 N–H and O–H groups in total. The summed E-state index contributed by atoms with van der Waals surface area (Å²) in [6.07, 6.45) is 0. The van der Waals surface area contributed by atoms with Gasteiger partial charge in [0.05, 0.1) is 9.82 Å². The third-order valence-electron chi connectivity index (χ3n) is 4.66. The Kier molecular flexibility index (Phi) is 5.41. The molecule has 1 fully saturated rings. The maximum Gasteiger partial charge on any atom is 0.294 e. The van der Waals surface area contributed by atoms with Crippen molar-refractivity contribution < 1.29 is 13.3 Å². The van der Waals surface area contributed by atoms with Crippen molar-refractivity contribution in [2.24, 2.45) is 0 Å². The number of nitrogens with zero attached hydrogens (tertiary/aromatic N) is 3. The van der Waals surface area contributed by atoms with Gasteiger partial charge in [0.15, 0.2) is 0 Å². The third kappa shape index (κ3) is 3.92. The fraction of sp³-hybridized carbons (Fsp3) is 0.333. The second kappa shape index (κ2) is 7.46. The molecule has 0 spiro atoms. The standard InChI is InChI=1S/C18H20ClN3O4S/c1-13-3-6-18(14(2)11-13)27(25,26)21-9-7-20(8-10-21)16-5-4-15(19)12-17(16)22(23)24/h3-6,11-12H,7-10H2,1-2H3. The van der Waals surface area contributed by atoms with Crippen LogP contribution in [0.1, 0.15) is 11.1 Å². The molecular weight excluding hydrogens is 390 g/mol. The Labute approximate surface area is 163 Å². The van der Waals surface area contributed by atoms with Gasteiger partial charge in [0, 0.05) is 37.3 Å². The van der Waals surface area contributed by atoms with Crippen LogP contribution in [0.3, 0.4) is 0 Å². The molecule has 0 amide bonds. The number of hydrogen-bond acceptors (Lipinski definition) is 5. The highest BCUT2D eigenvalue weighted by Gasteiger charge is 2.31. The van der Waals surface area contributed by atoms with Crippen molar-refractivity contribution in [3.8, 4) is 0 Å².